The summed E-state index contributed by atoms with van der Waals surface area (Å²) in [5.74, 6) is 0. The summed E-state index contributed by atoms with van der Waals surface area (Å²) >= 11 is 0. The molecule has 0 spiro atoms. The van der Waals surface area contributed by atoms with E-state index in [1.54, 1.807) is 11.1 Å². The Morgan fingerprint density at radius 2 is 0.895 bits per heavy atom. The van der Waals surface area contributed by atoms with Crippen LogP contribution < -0.4 is 0 Å². The van der Waals surface area contributed by atoms with Crippen molar-refractivity contribution in [2.45, 2.75) is 59.8 Å². The van der Waals surface area contributed by atoms with Crippen molar-refractivity contribution < 1.29 is 0 Å². The summed E-state index contributed by atoms with van der Waals surface area (Å²) in [6.07, 6.45) is 11.2. The van der Waals surface area contributed by atoms with Crippen molar-refractivity contribution >= 4 is 12.2 Å². The first kappa shape index (κ1) is 23.5. The minimum Gasteiger partial charge on any atom is -0.0617 e. The van der Waals surface area contributed by atoms with E-state index in [1.165, 1.54) is 86.0 Å². The zero-order chi connectivity index (χ0) is 26.0. The van der Waals surface area contributed by atoms with Crippen LogP contribution in [0.1, 0.15) is 63.8 Å². The Hall–Kier alpha value is -3.64. The fraction of sp³-hybridized carbons (Fsp3) is 0.263. The standard InChI is InChI=1S/C38H36/c1-24-10-5-11-25(2)36(24)32-16-7-14-28-20-30(22-34(28)32)38(18-9-19-38)31-21-29-15-8-17-33(35(29)23-31)37-26(3)12-6-13-27(37)4/h5-8,10-17,22-23H,9,18-21H2,1-4H3. The molecule has 0 nitrogen and oxygen atoms in total. The van der Waals surface area contributed by atoms with Gasteiger partial charge in [0.05, 0.1) is 0 Å². The second-order valence-electron chi connectivity index (χ2n) is 11.9. The quantitative estimate of drug-likeness (QED) is 0.266. The highest BCUT2D eigenvalue weighted by molar-refractivity contribution is 5.87. The van der Waals surface area contributed by atoms with Gasteiger partial charge in [0.25, 0.3) is 0 Å². The highest BCUT2D eigenvalue weighted by Crippen LogP contribution is 2.59. The van der Waals surface area contributed by atoms with Crippen LogP contribution in [0.2, 0.25) is 0 Å². The minimum absolute atomic E-state index is 0.216. The number of hydrogen-bond acceptors (Lipinski definition) is 0. The molecule has 0 bridgehead atoms. The van der Waals surface area contributed by atoms with Gasteiger partial charge in [0.1, 0.15) is 0 Å². The smallest absolute Gasteiger partial charge is 0.0134 e. The molecule has 4 aromatic rings. The highest BCUT2D eigenvalue weighted by Gasteiger charge is 2.46. The average molecular weight is 493 g/mol. The van der Waals surface area contributed by atoms with Gasteiger partial charge < -0.3 is 0 Å². The maximum atomic E-state index is 2.59. The van der Waals surface area contributed by atoms with Gasteiger partial charge in [-0.15, -0.1) is 0 Å². The second-order valence-corrected chi connectivity index (χ2v) is 11.9. The molecular formula is C38H36. The lowest BCUT2D eigenvalue weighted by Crippen LogP contribution is -2.34. The molecule has 0 N–H and O–H groups in total. The molecule has 3 aliphatic rings. The topological polar surface area (TPSA) is 0 Å². The third-order valence-electron chi connectivity index (χ3n) is 9.73. The molecule has 0 unspecified atom stereocenters. The molecule has 0 amide bonds. The Balaban J connectivity index is 1.32. The Kier molecular flexibility index (Phi) is 5.38. The van der Waals surface area contributed by atoms with Crippen LogP contribution in [-0.4, -0.2) is 0 Å². The summed E-state index contributed by atoms with van der Waals surface area (Å²) in [5, 5.41) is 0. The van der Waals surface area contributed by atoms with Crippen molar-refractivity contribution in [3.63, 3.8) is 0 Å². The normalized spacial score (nSPS) is 16.9. The van der Waals surface area contributed by atoms with Crippen LogP contribution >= 0.6 is 0 Å². The molecule has 0 aromatic heterocycles. The maximum Gasteiger partial charge on any atom is 0.0134 e. The molecule has 4 aromatic carbocycles. The van der Waals surface area contributed by atoms with Crippen LogP contribution in [0.3, 0.4) is 0 Å². The lowest BCUT2D eigenvalue weighted by molar-refractivity contribution is 0.235. The summed E-state index contributed by atoms with van der Waals surface area (Å²) in [6, 6.07) is 27.3. The van der Waals surface area contributed by atoms with E-state index in [0.29, 0.717) is 0 Å². The van der Waals surface area contributed by atoms with Crippen molar-refractivity contribution in [2.24, 2.45) is 5.41 Å². The Labute approximate surface area is 227 Å². The van der Waals surface area contributed by atoms with Gasteiger partial charge in [-0.1, -0.05) is 103 Å². The molecule has 1 fully saturated rings. The summed E-state index contributed by atoms with van der Waals surface area (Å²) in [4.78, 5) is 0. The van der Waals surface area contributed by atoms with Gasteiger partial charge in [-0.25, -0.2) is 0 Å². The Bertz CT molecular complexity index is 1510. The van der Waals surface area contributed by atoms with Gasteiger partial charge >= 0.3 is 0 Å². The summed E-state index contributed by atoms with van der Waals surface area (Å²) < 4.78 is 0. The van der Waals surface area contributed by atoms with E-state index >= 15 is 0 Å². The number of benzene rings is 4. The monoisotopic (exact) mass is 492 g/mol. The molecule has 0 saturated heterocycles. The number of allylic oxidation sites excluding steroid dienone is 2. The van der Waals surface area contributed by atoms with Crippen molar-refractivity contribution in [2.75, 3.05) is 0 Å². The first-order valence-corrected chi connectivity index (χ1v) is 14.3. The lowest BCUT2D eigenvalue weighted by atomic mass is 9.59. The highest BCUT2D eigenvalue weighted by atomic mass is 14.5. The van der Waals surface area contributed by atoms with E-state index in [-0.39, 0.29) is 5.41 Å². The number of rotatable bonds is 4. The van der Waals surface area contributed by atoms with Gasteiger partial charge in [0.2, 0.25) is 0 Å². The molecule has 1 saturated carbocycles. The van der Waals surface area contributed by atoms with Gasteiger partial charge in [-0.3, -0.25) is 0 Å². The van der Waals surface area contributed by atoms with Crippen LogP contribution in [0.25, 0.3) is 34.4 Å². The van der Waals surface area contributed by atoms with Gasteiger partial charge in [-0.2, -0.15) is 0 Å². The zero-order valence-corrected chi connectivity index (χ0v) is 23.1. The predicted octanol–water partition coefficient (Wildman–Crippen LogP) is 10.0. The van der Waals surface area contributed by atoms with Crippen molar-refractivity contribution in [1.82, 2.24) is 0 Å². The van der Waals surface area contributed by atoms with E-state index in [0.717, 1.165) is 12.8 Å². The average Bonchev–Trinajstić information content (AvgIpc) is 3.49. The van der Waals surface area contributed by atoms with Crippen LogP contribution in [-0.2, 0) is 12.8 Å². The third-order valence-corrected chi connectivity index (χ3v) is 9.73. The van der Waals surface area contributed by atoms with Crippen molar-refractivity contribution in [3.8, 4) is 22.3 Å². The molecule has 0 aliphatic heterocycles. The number of aryl methyl sites for hydroxylation is 4. The third kappa shape index (κ3) is 3.43. The van der Waals surface area contributed by atoms with Crippen LogP contribution in [0, 0.1) is 33.1 Å². The minimum atomic E-state index is 0.216. The first-order valence-electron chi connectivity index (χ1n) is 14.3. The fourth-order valence-electron chi connectivity index (χ4n) is 7.64. The SMILES string of the molecule is Cc1cccc(C)c1-c1cccc2c1C=C(C1(C3=Cc4c(cccc4-c4c(C)cccc4C)C3)CCC1)C2. The molecule has 38 heavy (non-hydrogen) atoms. The summed E-state index contributed by atoms with van der Waals surface area (Å²) in [5.41, 5.74) is 20.5. The van der Waals surface area contributed by atoms with E-state index < -0.39 is 0 Å². The molecule has 188 valence electrons. The van der Waals surface area contributed by atoms with E-state index in [1.807, 2.05) is 0 Å². The Morgan fingerprint density at radius 1 is 0.500 bits per heavy atom. The summed E-state index contributed by atoms with van der Waals surface area (Å²) in [7, 11) is 0. The number of fused-ring (bicyclic) bond motifs is 2. The molecular weight excluding hydrogens is 456 g/mol. The molecule has 3 aliphatic carbocycles. The van der Waals surface area contributed by atoms with E-state index in [2.05, 4.69) is 113 Å². The summed E-state index contributed by atoms with van der Waals surface area (Å²) in [6.45, 7) is 9.01. The van der Waals surface area contributed by atoms with Crippen LogP contribution in [0.4, 0.5) is 0 Å². The lowest BCUT2D eigenvalue weighted by Gasteiger charge is -2.45. The predicted molar refractivity (Wildman–Crippen MR) is 162 cm³/mol. The van der Waals surface area contributed by atoms with Gasteiger partial charge in [0.15, 0.2) is 0 Å². The van der Waals surface area contributed by atoms with E-state index in [4.69, 9.17) is 0 Å². The maximum absolute atomic E-state index is 2.59. The van der Waals surface area contributed by atoms with Crippen molar-refractivity contribution in [3.05, 3.63) is 128 Å². The molecule has 0 heterocycles. The first-order chi connectivity index (χ1) is 18.5. The number of hydrogen-bond donors (Lipinski definition) is 0. The van der Waals surface area contributed by atoms with Gasteiger partial charge in [-0.05, 0) is 120 Å². The zero-order valence-electron chi connectivity index (χ0n) is 23.1. The molecule has 0 radical (unpaired) electrons. The van der Waals surface area contributed by atoms with Crippen LogP contribution in [0.5, 0.6) is 0 Å². The Morgan fingerprint density at radius 3 is 1.26 bits per heavy atom. The molecule has 0 atom stereocenters. The molecule has 0 heteroatoms. The van der Waals surface area contributed by atoms with Crippen molar-refractivity contribution in [1.29, 1.82) is 0 Å². The van der Waals surface area contributed by atoms with Crippen LogP contribution in [0.15, 0.2) is 83.9 Å². The molecule has 7 rings (SSSR count). The second kappa shape index (κ2) is 8.70. The van der Waals surface area contributed by atoms with E-state index in [9.17, 15) is 0 Å². The largest absolute Gasteiger partial charge is 0.0617 e. The fourth-order valence-corrected chi connectivity index (χ4v) is 7.64. The van der Waals surface area contributed by atoms with Gasteiger partial charge in [0, 0.05) is 5.41 Å².